The molecule has 25 heavy (non-hydrogen) atoms. The number of ether oxygens (including phenoxy) is 2. The van der Waals surface area contributed by atoms with Gasteiger partial charge in [0.1, 0.15) is 12.2 Å². The smallest absolute Gasteiger partial charge is 0.414 e. The Bertz CT molecular complexity index is 616. The molecule has 1 fully saturated rings. The molecular formula is C20H27NO4. The Morgan fingerprint density at radius 2 is 1.84 bits per heavy atom. The van der Waals surface area contributed by atoms with Gasteiger partial charge >= 0.3 is 12.1 Å². The van der Waals surface area contributed by atoms with E-state index in [-0.39, 0.29) is 6.61 Å². The Labute approximate surface area is 149 Å². The number of likely N-dealkylation sites (tertiary alicyclic amines) is 1. The second-order valence-electron chi connectivity index (χ2n) is 7.17. The second kappa shape index (κ2) is 8.70. The molecule has 1 aliphatic rings. The minimum Gasteiger partial charge on any atom is -0.458 e. The van der Waals surface area contributed by atoms with Crippen LogP contribution in [0.4, 0.5) is 4.79 Å². The Balaban J connectivity index is 2.04. The highest BCUT2D eigenvalue weighted by Crippen LogP contribution is 2.23. The first kappa shape index (κ1) is 19.0. The van der Waals surface area contributed by atoms with Gasteiger partial charge in [0.15, 0.2) is 0 Å². The van der Waals surface area contributed by atoms with E-state index in [9.17, 15) is 9.59 Å². The van der Waals surface area contributed by atoms with Crippen molar-refractivity contribution in [2.45, 2.75) is 58.7 Å². The third-order valence-electron chi connectivity index (χ3n) is 3.78. The van der Waals surface area contributed by atoms with Crippen LogP contribution < -0.4 is 0 Å². The summed E-state index contributed by atoms with van der Waals surface area (Å²) in [4.78, 5) is 26.2. The number of allylic oxidation sites excluding steroid dienone is 1. The van der Waals surface area contributed by atoms with E-state index in [1.807, 2.05) is 51.1 Å². The second-order valence-corrected chi connectivity index (χ2v) is 7.17. The predicted molar refractivity (Wildman–Crippen MR) is 95.7 cm³/mol. The molecule has 0 saturated carbocycles. The summed E-state index contributed by atoms with van der Waals surface area (Å²) >= 11 is 0. The standard InChI is InChI=1S/C20H27NO4/c1-20(2,3)25-19(23)21-13-9-5-8-12-17(21)14-18(22)24-15-16-10-6-4-7-11-16/h4,6-7,10-11,14H,5,8-9,12-13,15H2,1-3H3/b17-14+. The lowest BCUT2D eigenvalue weighted by Gasteiger charge is -2.27. The summed E-state index contributed by atoms with van der Waals surface area (Å²) in [7, 11) is 0. The number of rotatable bonds is 3. The van der Waals surface area contributed by atoms with Crippen molar-refractivity contribution in [2.75, 3.05) is 6.54 Å². The van der Waals surface area contributed by atoms with Crippen LogP contribution in [0.5, 0.6) is 0 Å². The van der Waals surface area contributed by atoms with Gasteiger partial charge in [0.25, 0.3) is 0 Å². The molecule has 136 valence electrons. The molecule has 0 radical (unpaired) electrons. The van der Waals surface area contributed by atoms with Gasteiger partial charge in [0, 0.05) is 18.3 Å². The van der Waals surface area contributed by atoms with Crippen molar-refractivity contribution in [2.24, 2.45) is 0 Å². The summed E-state index contributed by atoms with van der Waals surface area (Å²) in [6.45, 7) is 6.28. The monoisotopic (exact) mass is 345 g/mol. The maximum absolute atomic E-state index is 12.4. The number of amides is 1. The molecule has 0 atom stereocenters. The molecule has 0 spiro atoms. The number of carbonyl (C=O) groups is 2. The molecule has 1 heterocycles. The molecule has 0 unspecified atom stereocenters. The first-order chi connectivity index (χ1) is 11.8. The summed E-state index contributed by atoms with van der Waals surface area (Å²) in [6, 6.07) is 9.52. The zero-order chi connectivity index (χ0) is 18.3. The lowest BCUT2D eigenvalue weighted by atomic mass is 10.2. The van der Waals surface area contributed by atoms with Gasteiger partial charge in [-0.25, -0.2) is 9.59 Å². The predicted octanol–water partition coefficient (Wildman–Crippen LogP) is 4.42. The van der Waals surface area contributed by atoms with Crippen LogP contribution in [0.2, 0.25) is 0 Å². The van der Waals surface area contributed by atoms with E-state index >= 15 is 0 Å². The largest absolute Gasteiger partial charge is 0.458 e. The van der Waals surface area contributed by atoms with E-state index in [4.69, 9.17) is 9.47 Å². The summed E-state index contributed by atoms with van der Waals surface area (Å²) in [5.74, 6) is -0.436. The lowest BCUT2D eigenvalue weighted by Crippen LogP contribution is -2.36. The van der Waals surface area contributed by atoms with Gasteiger partial charge in [0.2, 0.25) is 0 Å². The average Bonchev–Trinajstić information content (AvgIpc) is 2.78. The van der Waals surface area contributed by atoms with Crippen molar-refractivity contribution in [3.8, 4) is 0 Å². The molecule has 2 rings (SSSR count). The minimum atomic E-state index is -0.567. The Kier molecular flexibility index (Phi) is 6.62. The molecule has 0 N–H and O–H groups in total. The average molecular weight is 345 g/mol. The van der Waals surface area contributed by atoms with Gasteiger partial charge in [-0.15, -0.1) is 0 Å². The van der Waals surface area contributed by atoms with E-state index in [0.717, 1.165) is 24.8 Å². The molecule has 1 aromatic carbocycles. The minimum absolute atomic E-state index is 0.218. The van der Waals surface area contributed by atoms with Gasteiger partial charge in [-0.2, -0.15) is 0 Å². The van der Waals surface area contributed by atoms with E-state index in [0.29, 0.717) is 18.7 Å². The highest BCUT2D eigenvalue weighted by atomic mass is 16.6. The summed E-state index contributed by atoms with van der Waals surface area (Å²) in [6.07, 6.45) is 4.55. The van der Waals surface area contributed by atoms with Crippen LogP contribution >= 0.6 is 0 Å². The summed E-state index contributed by atoms with van der Waals surface area (Å²) < 4.78 is 10.8. The van der Waals surface area contributed by atoms with Crippen LogP contribution in [-0.2, 0) is 20.9 Å². The molecule has 5 heteroatoms. The Morgan fingerprint density at radius 3 is 2.52 bits per heavy atom. The highest BCUT2D eigenvalue weighted by Gasteiger charge is 2.26. The fourth-order valence-corrected chi connectivity index (χ4v) is 2.61. The number of hydrogen-bond donors (Lipinski definition) is 0. The summed E-state index contributed by atoms with van der Waals surface area (Å²) in [5.41, 5.74) is 1.03. The van der Waals surface area contributed by atoms with Crippen LogP contribution in [0.15, 0.2) is 42.1 Å². The van der Waals surface area contributed by atoms with Crippen molar-refractivity contribution in [3.05, 3.63) is 47.7 Å². The topological polar surface area (TPSA) is 55.8 Å². The fraction of sp³-hybridized carbons (Fsp3) is 0.500. The van der Waals surface area contributed by atoms with Crippen molar-refractivity contribution < 1.29 is 19.1 Å². The van der Waals surface area contributed by atoms with Crippen molar-refractivity contribution in [1.29, 1.82) is 0 Å². The number of hydrogen-bond acceptors (Lipinski definition) is 4. The van der Waals surface area contributed by atoms with Crippen LogP contribution in [-0.4, -0.2) is 29.1 Å². The molecule has 0 aliphatic carbocycles. The van der Waals surface area contributed by atoms with Gasteiger partial charge in [-0.1, -0.05) is 36.8 Å². The highest BCUT2D eigenvalue weighted by molar-refractivity contribution is 5.84. The first-order valence-electron chi connectivity index (χ1n) is 8.77. The zero-order valence-electron chi connectivity index (χ0n) is 15.3. The molecule has 1 aliphatic heterocycles. The fourth-order valence-electron chi connectivity index (χ4n) is 2.61. The number of benzene rings is 1. The number of esters is 1. The maximum atomic E-state index is 12.4. The van der Waals surface area contributed by atoms with Crippen LogP contribution in [0.1, 0.15) is 52.0 Å². The van der Waals surface area contributed by atoms with Crippen LogP contribution in [0.25, 0.3) is 0 Å². The third-order valence-corrected chi connectivity index (χ3v) is 3.78. The lowest BCUT2D eigenvalue weighted by molar-refractivity contribution is -0.139. The van der Waals surface area contributed by atoms with Gasteiger partial charge in [-0.05, 0) is 45.6 Å². The van der Waals surface area contributed by atoms with E-state index in [2.05, 4.69) is 0 Å². The van der Waals surface area contributed by atoms with Gasteiger partial charge in [-0.3, -0.25) is 4.90 Å². The number of carbonyl (C=O) groups excluding carboxylic acids is 2. The molecule has 1 saturated heterocycles. The molecule has 0 bridgehead atoms. The SMILES string of the molecule is CC(C)(C)OC(=O)N1CCCCC/C1=C\C(=O)OCc1ccccc1. The molecule has 5 nitrogen and oxygen atoms in total. The molecule has 0 aromatic heterocycles. The van der Waals surface area contributed by atoms with Crippen LogP contribution in [0.3, 0.4) is 0 Å². The molecule has 1 amide bonds. The van der Waals surface area contributed by atoms with Crippen molar-refractivity contribution >= 4 is 12.1 Å². The van der Waals surface area contributed by atoms with Crippen molar-refractivity contribution in [3.63, 3.8) is 0 Å². The van der Waals surface area contributed by atoms with E-state index in [1.165, 1.54) is 6.08 Å². The first-order valence-corrected chi connectivity index (χ1v) is 8.77. The zero-order valence-corrected chi connectivity index (χ0v) is 15.3. The Hall–Kier alpha value is -2.30. The molecule has 1 aromatic rings. The van der Waals surface area contributed by atoms with Gasteiger partial charge < -0.3 is 9.47 Å². The maximum Gasteiger partial charge on any atom is 0.414 e. The van der Waals surface area contributed by atoms with Crippen molar-refractivity contribution in [1.82, 2.24) is 4.90 Å². The quantitative estimate of drug-likeness (QED) is 0.601. The van der Waals surface area contributed by atoms with E-state index < -0.39 is 17.7 Å². The molecular weight excluding hydrogens is 318 g/mol. The Morgan fingerprint density at radius 1 is 1.12 bits per heavy atom. The summed E-state index contributed by atoms with van der Waals surface area (Å²) in [5, 5.41) is 0. The third kappa shape index (κ3) is 6.61. The van der Waals surface area contributed by atoms with E-state index in [1.54, 1.807) is 4.90 Å². The normalized spacial score (nSPS) is 17.1. The van der Waals surface area contributed by atoms with Gasteiger partial charge in [0.05, 0.1) is 0 Å². The number of nitrogens with zero attached hydrogens (tertiary/aromatic N) is 1. The van der Waals surface area contributed by atoms with Crippen LogP contribution in [0, 0.1) is 0 Å².